The van der Waals surface area contributed by atoms with E-state index in [2.05, 4.69) is 43.8 Å². The molecule has 1 aliphatic carbocycles. The van der Waals surface area contributed by atoms with Crippen molar-refractivity contribution < 1.29 is 5.11 Å². The van der Waals surface area contributed by atoms with Gasteiger partial charge in [0.1, 0.15) is 0 Å². The Morgan fingerprint density at radius 2 is 1.94 bits per heavy atom. The lowest BCUT2D eigenvalue weighted by Gasteiger charge is -2.29. The molecule has 0 aromatic carbocycles. The summed E-state index contributed by atoms with van der Waals surface area (Å²) in [6, 6.07) is 1.94. The Morgan fingerprint density at radius 1 is 1.29 bits per heavy atom. The number of hydrogen-bond donors (Lipinski definition) is 1. The molecule has 94 valence electrons. The summed E-state index contributed by atoms with van der Waals surface area (Å²) in [6.07, 6.45) is 5.95. The first-order chi connectivity index (χ1) is 8.08. The average Bonchev–Trinajstić information content (AvgIpc) is 2.29. The lowest BCUT2D eigenvalue weighted by molar-refractivity contribution is 0.0715. The Labute approximate surface area is 119 Å². The van der Waals surface area contributed by atoms with E-state index in [9.17, 15) is 5.11 Å². The Morgan fingerprint density at radius 3 is 2.53 bits per heavy atom. The molecule has 1 saturated carbocycles. The van der Waals surface area contributed by atoms with Gasteiger partial charge in [0.05, 0.1) is 11.8 Å². The quantitative estimate of drug-likeness (QED) is 0.842. The molecule has 0 radical (unpaired) electrons. The second-order valence-corrected chi connectivity index (χ2v) is 6.76. The van der Waals surface area contributed by atoms with Crippen LogP contribution in [0, 0.1) is 11.8 Å². The molecule has 1 unspecified atom stereocenters. The van der Waals surface area contributed by atoms with Crippen LogP contribution in [0.15, 0.2) is 21.2 Å². The molecule has 1 atom stereocenters. The third kappa shape index (κ3) is 3.30. The van der Waals surface area contributed by atoms with Crippen LogP contribution >= 0.6 is 31.9 Å². The fourth-order valence-corrected chi connectivity index (χ4v) is 3.69. The number of pyridine rings is 1. The van der Waals surface area contributed by atoms with Crippen LogP contribution < -0.4 is 0 Å². The van der Waals surface area contributed by atoms with E-state index < -0.39 is 6.10 Å². The minimum atomic E-state index is -0.440. The summed E-state index contributed by atoms with van der Waals surface area (Å²) >= 11 is 6.85. The molecule has 1 aromatic heterocycles. The van der Waals surface area contributed by atoms with E-state index in [4.69, 9.17) is 0 Å². The van der Waals surface area contributed by atoms with E-state index in [0.717, 1.165) is 33.4 Å². The minimum Gasteiger partial charge on any atom is -0.386 e. The van der Waals surface area contributed by atoms with Gasteiger partial charge in [0.15, 0.2) is 0 Å². The third-order valence-electron chi connectivity index (χ3n) is 3.62. The van der Waals surface area contributed by atoms with Crippen molar-refractivity contribution in [2.45, 2.75) is 38.7 Å². The molecule has 0 amide bonds. The van der Waals surface area contributed by atoms with Crippen molar-refractivity contribution in [2.24, 2.45) is 11.8 Å². The van der Waals surface area contributed by atoms with E-state index in [-0.39, 0.29) is 0 Å². The van der Waals surface area contributed by atoms with Gasteiger partial charge in [-0.25, -0.2) is 0 Å². The van der Waals surface area contributed by atoms with Gasteiger partial charge in [0, 0.05) is 15.1 Å². The van der Waals surface area contributed by atoms with Crippen molar-refractivity contribution in [1.29, 1.82) is 0 Å². The molecule has 0 saturated heterocycles. The maximum atomic E-state index is 10.4. The summed E-state index contributed by atoms with van der Waals surface area (Å²) in [5.41, 5.74) is 0.771. The lowest BCUT2D eigenvalue weighted by Crippen LogP contribution is -2.20. The first-order valence-electron chi connectivity index (χ1n) is 6.07. The van der Waals surface area contributed by atoms with E-state index in [0.29, 0.717) is 5.92 Å². The minimum absolute atomic E-state index is 0.358. The molecule has 1 N–H and O–H groups in total. The highest BCUT2D eigenvalue weighted by molar-refractivity contribution is 9.11. The van der Waals surface area contributed by atoms with Crippen LogP contribution in [0.5, 0.6) is 0 Å². The first-order valence-corrected chi connectivity index (χ1v) is 7.65. The van der Waals surface area contributed by atoms with Crippen LogP contribution in [-0.4, -0.2) is 10.1 Å². The van der Waals surface area contributed by atoms with Gasteiger partial charge in [-0.15, -0.1) is 0 Å². The number of rotatable bonds is 2. The number of aromatic nitrogens is 1. The normalized spacial score (nSPS) is 26.8. The van der Waals surface area contributed by atoms with Gasteiger partial charge in [-0.2, -0.15) is 0 Å². The number of nitrogens with zero attached hydrogens (tertiary/aromatic N) is 1. The summed E-state index contributed by atoms with van der Waals surface area (Å²) in [5, 5.41) is 10.4. The summed E-state index contributed by atoms with van der Waals surface area (Å²) in [5.74, 6) is 1.16. The van der Waals surface area contributed by atoms with Crippen molar-refractivity contribution in [1.82, 2.24) is 4.98 Å². The first kappa shape index (κ1) is 13.5. The highest BCUT2D eigenvalue weighted by Gasteiger charge is 2.27. The molecule has 1 aromatic rings. The van der Waals surface area contributed by atoms with Gasteiger partial charge in [-0.3, -0.25) is 4.98 Å². The number of hydrogen-bond acceptors (Lipinski definition) is 2. The molecule has 4 heteroatoms. The summed E-state index contributed by atoms with van der Waals surface area (Å²) < 4.78 is 1.82. The fraction of sp³-hybridized carbons (Fsp3) is 0.615. The molecule has 1 aliphatic rings. The van der Waals surface area contributed by atoms with Gasteiger partial charge in [-0.1, -0.05) is 19.8 Å². The van der Waals surface area contributed by atoms with Crippen molar-refractivity contribution >= 4 is 31.9 Å². The molecular weight excluding hydrogens is 346 g/mol. The molecule has 17 heavy (non-hydrogen) atoms. The van der Waals surface area contributed by atoms with Gasteiger partial charge < -0.3 is 5.11 Å². The summed E-state index contributed by atoms with van der Waals surface area (Å²) in [7, 11) is 0. The zero-order valence-corrected chi connectivity index (χ0v) is 13.0. The molecule has 1 fully saturated rings. The molecular formula is C13H17Br2NO. The van der Waals surface area contributed by atoms with Crippen molar-refractivity contribution in [3.63, 3.8) is 0 Å². The standard InChI is InChI=1S/C13H17Br2NO/c1-8-2-4-9(5-3-8)13(17)12-11(15)6-10(14)7-16-12/h6-9,13,17H,2-5H2,1H3. The molecule has 0 bridgehead atoms. The van der Waals surface area contributed by atoms with E-state index >= 15 is 0 Å². The number of aliphatic hydroxyl groups excluding tert-OH is 1. The predicted octanol–water partition coefficient (Wildman–Crippen LogP) is 4.47. The van der Waals surface area contributed by atoms with Crippen LogP contribution in [0.1, 0.15) is 44.4 Å². The molecule has 2 nitrogen and oxygen atoms in total. The second kappa shape index (κ2) is 5.81. The lowest BCUT2D eigenvalue weighted by atomic mass is 9.79. The van der Waals surface area contributed by atoms with Crippen molar-refractivity contribution in [2.75, 3.05) is 0 Å². The van der Waals surface area contributed by atoms with Crippen LogP contribution in [0.4, 0.5) is 0 Å². The highest BCUT2D eigenvalue weighted by atomic mass is 79.9. The van der Waals surface area contributed by atoms with Gasteiger partial charge >= 0.3 is 0 Å². The Bertz CT molecular complexity index is 389. The zero-order valence-electron chi connectivity index (χ0n) is 9.87. The van der Waals surface area contributed by atoms with Gasteiger partial charge in [-0.05, 0) is 62.6 Å². The number of aliphatic hydroxyl groups is 1. The Balaban J connectivity index is 2.11. The molecule has 2 rings (SSSR count). The SMILES string of the molecule is CC1CCC(C(O)c2ncc(Br)cc2Br)CC1. The second-order valence-electron chi connectivity index (χ2n) is 4.99. The van der Waals surface area contributed by atoms with Crippen molar-refractivity contribution in [3.8, 4) is 0 Å². The maximum absolute atomic E-state index is 10.4. The molecule has 1 heterocycles. The van der Waals surface area contributed by atoms with Crippen LogP contribution in [0.3, 0.4) is 0 Å². The molecule has 0 spiro atoms. The van der Waals surface area contributed by atoms with E-state index in [1.165, 1.54) is 12.8 Å². The fourth-order valence-electron chi connectivity index (χ4n) is 2.47. The average molecular weight is 363 g/mol. The summed E-state index contributed by atoms with van der Waals surface area (Å²) in [4.78, 5) is 4.33. The predicted molar refractivity (Wildman–Crippen MR) is 75.7 cm³/mol. The highest BCUT2D eigenvalue weighted by Crippen LogP contribution is 2.38. The van der Waals surface area contributed by atoms with E-state index in [1.807, 2.05) is 6.07 Å². The van der Waals surface area contributed by atoms with Crippen molar-refractivity contribution in [3.05, 3.63) is 26.9 Å². The Kier molecular flexibility index (Phi) is 4.61. The largest absolute Gasteiger partial charge is 0.386 e. The smallest absolute Gasteiger partial charge is 0.0999 e. The number of halogens is 2. The maximum Gasteiger partial charge on any atom is 0.0999 e. The van der Waals surface area contributed by atoms with Crippen LogP contribution in [0.2, 0.25) is 0 Å². The molecule has 0 aliphatic heterocycles. The van der Waals surface area contributed by atoms with Gasteiger partial charge in [0.25, 0.3) is 0 Å². The topological polar surface area (TPSA) is 33.1 Å². The third-order valence-corrected chi connectivity index (χ3v) is 4.69. The van der Waals surface area contributed by atoms with Gasteiger partial charge in [0.2, 0.25) is 0 Å². The Hall–Kier alpha value is 0.0700. The van der Waals surface area contributed by atoms with Crippen LogP contribution in [-0.2, 0) is 0 Å². The van der Waals surface area contributed by atoms with E-state index in [1.54, 1.807) is 6.20 Å². The zero-order chi connectivity index (χ0) is 12.4. The van der Waals surface area contributed by atoms with Crippen LogP contribution in [0.25, 0.3) is 0 Å². The summed E-state index contributed by atoms with van der Waals surface area (Å²) in [6.45, 7) is 2.29. The monoisotopic (exact) mass is 361 g/mol.